The van der Waals surface area contributed by atoms with E-state index in [1.165, 1.54) is 12.1 Å². The van der Waals surface area contributed by atoms with Crippen LogP contribution in [0.25, 0.3) is 22.3 Å². The van der Waals surface area contributed by atoms with E-state index >= 15 is 0 Å². The number of hydrogen-bond donors (Lipinski definition) is 2. The Balaban J connectivity index is 1.30. The zero-order valence-electron chi connectivity index (χ0n) is 18.8. The van der Waals surface area contributed by atoms with E-state index in [0.29, 0.717) is 46.6 Å². The molecule has 2 aromatic carbocycles. The van der Waals surface area contributed by atoms with Crippen LogP contribution in [0.15, 0.2) is 60.7 Å². The lowest BCUT2D eigenvalue weighted by molar-refractivity contribution is 0.379. The highest BCUT2D eigenvalue weighted by molar-refractivity contribution is 7.80. The van der Waals surface area contributed by atoms with Crippen LogP contribution in [0.3, 0.4) is 0 Å². The lowest BCUT2D eigenvalue weighted by Crippen LogP contribution is -2.51. The molecule has 1 saturated heterocycles. The van der Waals surface area contributed by atoms with Gasteiger partial charge in [0.05, 0.1) is 11.2 Å². The number of aromatic nitrogens is 3. The van der Waals surface area contributed by atoms with Crippen molar-refractivity contribution in [2.45, 2.75) is 6.54 Å². The van der Waals surface area contributed by atoms with E-state index < -0.39 is 0 Å². The predicted molar refractivity (Wildman–Crippen MR) is 142 cm³/mol. The number of pyridine rings is 1. The van der Waals surface area contributed by atoms with Gasteiger partial charge in [0.1, 0.15) is 11.3 Å². The van der Waals surface area contributed by atoms with Crippen LogP contribution in [0, 0.1) is 5.82 Å². The molecule has 178 valence electrons. The van der Waals surface area contributed by atoms with Crippen molar-refractivity contribution in [3.8, 4) is 11.3 Å². The van der Waals surface area contributed by atoms with Gasteiger partial charge < -0.3 is 20.9 Å². The molecule has 0 amide bonds. The topological polar surface area (TPSA) is 83.2 Å². The van der Waals surface area contributed by atoms with Gasteiger partial charge in [-0.3, -0.25) is 0 Å². The highest BCUT2D eigenvalue weighted by atomic mass is 35.5. The number of thiocarbonyl (C=S) groups is 1. The van der Waals surface area contributed by atoms with Crippen molar-refractivity contribution in [1.82, 2.24) is 25.2 Å². The summed E-state index contributed by atoms with van der Waals surface area (Å²) in [5, 5.41) is 4.75. The van der Waals surface area contributed by atoms with E-state index in [1.807, 2.05) is 36.4 Å². The van der Waals surface area contributed by atoms with Crippen LogP contribution in [0.5, 0.6) is 0 Å². The second-order valence-electron chi connectivity index (χ2n) is 8.24. The normalized spacial score (nSPS) is 13.8. The summed E-state index contributed by atoms with van der Waals surface area (Å²) in [6.45, 7) is 3.51. The Kier molecular flexibility index (Phi) is 6.61. The fraction of sp³-hybridized carbons (Fsp3) is 0.200. The minimum absolute atomic E-state index is 0.200. The summed E-state index contributed by atoms with van der Waals surface area (Å²) in [4.78, 5) is 18.0. The number of piperazine rings is 1. The maximum Gasteiger partial charge on any atom is 0.222 e. The number of nitrogens with one attached hydrogen (secondary N) is 1. The highest BCUT2D eigenvalue weighted by Gasteiger charge is 2.23. The van der Waals surface area contributed by atoms with Crippen LogP contribution in [-0.2, 0) is 6.54 Å². The summed E-state index contributed by atoms with van der Waals surface area (Å²) in [6.07, 6.45) is 0. The number of benzene rings is 2. The van der Waals surface area contributed by atoms with E-state index in [4.69, 9.17) is 34.5 Å². The maximum absolute atomic E-state index is 13.4. The predicted octanol–water partition coefficient (Wildman–Crippen LogP) is 4.26. The third kappa shape index (κ3) is 5.26. The lowest BCUT2D eigenvalue weighted by Gasteiger charge is -2.37. The molecule has 1 aliphatic heterocycles. The molecule has 3 heterocycles. The van der Waals surface area contributed by atoms with Crippen molar-refractivity contribution in [3.63, 3.8) is 0 Å². The van der Waals surface area contributed by atoms with Crippen molar-refractivity contribution >= 4 is 51.7 Å². The summed E-state index contributed by atoms with van der Waals surface area (Å²) >= 11 is 11.6. The first kappa shape index (κ1) is 23.2. The first-order valence-corrected chi connectivity index (χ1v) is 12.0. The molecule has 4 aromatic rings. The minimum Gasteiger partial charge on any atom is -0.368 e. The minimum atomic E-state index is -0.287. The van der Waals surface area contributed by atoms with Crippen LogP contribution in [0.4, 0.5) is 16.2 Å². The number of anilines is 2. The molecule has 0 aliphatic carbocycles. The molecule has 0 radical (unpaired) electrons. The summed E-state index contributed by atoms with van der Waals surface area (Å²) in [7, 11) is 0. The van der Waals surface area contributed by atoms with Crippen molar-refractivity contribution in [3.05, 3.63) is 77.1 Å². The second kappa shape index (κ2) is 9.97. The van der Waals surface area contributed by atoms with Gasteiger partial charge in [0, 0.05) is 43.3 Å². The van der Waals surface area contributed by atoms with Gasteiger partial charge in [-0.05, 0) is 66.3 Å². The van der Waals surface area contributed by atoms with E-state index in [1.54, 1.807) is 12.1 Å². The first-order chi connectivity index (χ1) is 17.0. The zero-order chi connectivity index (χ0) is 24.4. The number of rotatable bonds is 4. The molecule has 0 atom stereocenters. The molecule has 0 spiro atoms. The van der Waals surface area contributed by atoms with Crippen LogP contribution in [0.2, 0.25) is 5.02 Å². The smallest absolute Gasteiger partial charge is 0.222 e. The molecule has 0 bridgehead atoms. The van der Waals surface area contributed by atoms with Crippen LogP contribution < -0.4 is 16.0 Å². The second-order valence-corrected chi connectivity index (χ2v) is 9.06. The standard InChI is InChI=1S/C25H23ClFN7S/c26-18-5-1-16(2-6-18)15-29-25(35)34-13-11-33(12-14-34)23-22-21(31-24(28)32-23)10-9-20(30-22)17-3-7-19(27)8-4-17/h1-10H,11-15H2,(H,29,35)(H2,28,31,32). The van der Waals surface area contributed by atoms with Gasteiger partial charge in [-0.1, -0.05) is 23.7 Å². The molecule has 10 heteroatoms. The van der Waals surface area contributed by atoms with Crippen molar-refractivity contribution in [2.75, 3.05) is 36.8 Å². The summed E-state index contributed by atoms with van der Waals surface area (Å²) < 4.78 is 13.4. The third-order valence-corrected chi connectivity index (χ3v) is 6.56. The van der Waals surface area contributed by atoms with E-state index in [-0.39, 0.29) is 11.8 Å². The number of nitrogen functional groups attached to an aromatic ring is 1. The Hall–Kier alpha value is -3.56. The molecule has 7 nitrogen and oxygen atoms in total. The van der Waals surface area contributed by atoms with Crippen LogP contribution in [0.1, 0.15) is 5.56 Å². The zero-order valence-corrected chi connectivity index (χ0v) is 20.4. The average molecular weight is 508 g/mol. The SMILES string of the molecule is Nc1nc(N2CCN(C(=S)NCc3ccc(Cl)cc3)CC2)c2nc(-c3ccc(F)cc3)ccc2n1. The molecule has 5 rings (SSSR count). The first-order valence-electron chi connectivity index (χ1n) is 11.2. The molecule has 1 fully saturated rings. The molecule has 1 aliphatic rings. The Morgan fingerprint density at radius 1 is 0.943 bits per heavy atom. The molecular weight excluding hydrogens is 485 g/mol. The average Bonchev–Trinajstić information content (AvgIpc) is 2.88. The fourth-order valence-electron chi connectivity index (χ4n) is 4.03. The summed E-state index contributed by atoms with van der Waals surface area (Å²) in [5.41, 5.74) is 9.99. The number of nitrogens with two attached hydrogens (primary N) is 1. The van der Waals surface area contributed by atoms with Crippen molar-refractivity contribution < 1.29 is 4.39 Å². The van der Waals surface area contributed by atoms with E-state index in [0.717, 1.165) is 29.9 Å². The maximum atomic E-state index is 13.4. The number of fused-ring (bicyclic) bond motifs is 1. The number of halogens is 2. The highest BCUT2D eigenvalue weighted by Crippen LogP contribution is 2.27. The number of hydrogen-bond acceptors (Lipinski definition) is 6. The quantitative estimate of drug-likeness (QED) is 0.396. The van der Waals surface area contributed by atoms with E-state index in [9.17, 15) is 4.39 Å². The molecule has 2 aromatic heterocycles. The Bertz CT molecular complexity index is 1360. The van der Waals surface area contributed by atoms with Gasteiger partial charge >= 0.3 is 0 Å². The van der Waals surface area contributed by atoms with Crippen molar-refractivity contribution in [2.24, 2.45) is 0 Å². The van der Waals surface area contributed by atoms with Gasteiger partial charge in [-0.15, -0.1) is 0 Å². The molecular formula is C25H23ClFN7S. The fourth-order valence-corrected chi connectivity index (χ4v) is 4.41. The Labute approximate surface area is 212 Å². The summed E-state index contributed by atoms with van der Waals surface area (Å²) in [5.74, 6) is 0.604. The summed E-state index contributed by atoms with van der Waals surface area (Å²) in [6, 6.07) is 17.7. The van der Waals surface area contributed by atoms with Gasteiger partial charge in [0.25, 0.3) is 0 Å². The van der Waals surface area contributed by atoms with Gasteiger partial charge in [-0.2, -0.15) is 4.98 Å². The molecule has 35 heavy (non-hydrogen) atoms. The van der Waals surface area contributed by atoms with E-state index in [2.05, 4.69) is 25.1 Å². The third-order valence-electron chi connectivity index (χ3n) is 5.90. The van der Waals surface area contributed by atoms with Gasteiger partial charge in [0.15, 0.2) is 10.9 Å². The molecule has 0 saturated carbocycles. The van der Waals surface area contributed by atoms with Crippen LogP contribution in [-0.4, -0.2) is 51.1 Å². The van der Waals surface area contributed by atoms with Crippen molar-refractivity contribution in [1.29, 1.82) is 0 Å². The monoisotopic (exact) mass is 507 g/mol. The molecule has 3 N–H and O–H groups in total. The van der Waals surface area contributed by atoms with Gasteiger partial charge in [-0.25, -0.2) is 14.4 Å². The van der Waals surface area contributed by atoms with Gasteiger partial charge in [0.2, 0.25) is 5.95 Å². The lowest BCUT2D eigenvalue weighted by atomic mass is 10.1. The Morgan fingerprint density at radius 3 is 2.37 bits per heavy atom. The largest absolute Gasteiger partial charge is 0.368 e. The number of nitrogens with zero attached hydrogens (tertiary/aromatic N) is 5. The van der Waals surface area contributed by atoms with Crippen LogP contribution >= 0.6 is 23.8 Å². The molecule has 0 unspecified atom stereocenters. The Morgan fingerprint density at radius 2 is 1.66 bits per heavy atom.